The van der Waals surface area contributed by atoms with Crippen molar-refractivity contribution in [1.82, 2.24) is 0 Å². The quantitative estimate of drug-likeness (QED) is 0.217. The second-order valence-electron chi connectivity index (χ2n) is 8.04. The van der Waals surface area contributed by atoms with Crippen molar-refractivity contribution in [2.45, 2.75) is 32.3 Å². The van der Waals surface area contributed by atoms with E-state index in [-0.39, 0.29) is 13.2 Å². The first kappa shape index (κ1) is 25.7. The van der Waals surface area contributed by atoms with E-state index in [0.717, 1.165) is 72.5 Å². The van der Waals surface area contributed by atoms with E-state index < -0.39 is 0 Å². The van der Waals surface area contributed by atoms with Gasteiger partial charge < -0.3 is 19.8 Å². The predicted octanol–water partition coefficient (Wildman–Crippen LogP) is 5.66. The van der Waals surface area contributed by atoms with Gasteiger partial charge >= 0.3 is 0 Å². The van der Waals surface area contributed by atoms with Gasteiger partial charge in [0.1, 0.15) is 12.4 Å². The van der Waals surface area contributed by atoms with Gasteiger partial charge in [0.15, 0.2) is 6.29 Å². The third-order valence-electron chi connectivity index (χ3n) is 5.46. The molecule has 34 heavy (non-hydrogen) atoms. The van der Waals surface area contributed by atoms with Crippen molar-refractivity contribution in [3.8, 4) is 5.75 Å². The Kier molecular flexibility index (Phi) is 10.8. The Morgan fingerprint density at radius 1 is 0.824 bits per heavy atom. The number of hydrogen-bond acceptors (Lipinski definition) is 6. The van der Waals surface area contributed by atoms with Crippen LogP contribution in [-0.4, -0.2) is 42.8 Å². The van der Waals surface area contributed by atoms with Gasteiger partial charge in [-0.3, -0.25) is 4.79 Å². The lowest BCUT2D eigenvalue weighted by molar-refractivity contribution is 0.112. The average molecular weight is 480 g/mol. The number of thiophene rings is 1. The minimum Gasteiger partial charge on any atom is -0.488 e. The van der Waals surface area contributed by atoms with Gasteiger partial charge in [0, 0.05) is 48.5 Å². The van der Waals surface area contributed by atoms with Crippen LogP contribution in [0, 0.1) is 0 Å². The molecule has 0 aliphatic rings. The highest BCUT2D eigenvalue weighted by atomic mass is 32.1. The third kappa shape index (κ3) is 8.13. The molecular formula is C28H33NO4S. The molecule has 0 bridgehead atoms. The fourth-order valence-corrected chi connectivity index (χ4v) is 4.34. The lowest BCUT2D eigenvalue weighted by atomic mass is 10.1. The molecule has 3 rings (SSSR count). The molecule has 0 saturated heterocycles. The molecule has 1 heterocycles. The summed E-state index contributed by atoms with van der Waals surface area (Å²) >= 11 is 1.45. The smallest absolute Gasteiger partial charge is 0.160 e. The first-order chi connectivity index (χ1) is 16.7. The SMILES string of the molecule is O=Cc1ccc(C=Cc2ccc(N(CCCCO)CCCCO)cc2OCc2ccccc2)s1. The van der Waals surface area contributed by atoms with E-state index in [4.69, 9.17) is 4.74 Å². The number of nitrogens with zero attached hydrogens (tertiary/aromatic N) is 1. The van der Waals surface area contributed by atoms with Crippen molar-refractivity contribution in [3.63, 3.8) is 0 Å². The predicted molar refractivity (Wildman–Crippen MR) is 141 cm³/mol. The first-order valence-corrected chi connectivity index (χ1v) is 12.6. The topological polar surface area (TPSA) is 70.0 Å². The molecule has 0 aliphatic carbocycles. The van der Waals surface area contributed by atoms with Gasteiger partial charge in [-0.15, -0.1) is 11.3 Å². The maximum absolute atomic E-state index is 11.0. The minimum atomic E-state index is 0.189. The minimum absolute atomic E-state index is 0.189. The molecule has 0 fully saturated rings. The monoisotopic (exact) mass is 479 g/mol. The molecule has 2 N–H and O–H groups in total. The summed E-state index contributed by atoms with van der Waals surface area (Å²) in [5, 5.41) is 18.4. The highest BCUT2D eigenvalue weighted by Crippen LogP contribution is 2.30. The first-order valence-electron chi connectivity index (χ1n) is 11.7. The van der Waals surface area contributed by atoms with Crippen LogP contribution in [-0.2, 0) is 6.61 Å². The third-order valence-corrected chi connectivity index (χ3v) is 6.44. The van der Waals surface area contributed by atoms with Crippen LogP contribution in [0.25, 0.3) is 12.2 Å². The van der Waals surface area contributed by atoms with Gasteiger partial charge in [-0.05, 0) is 67.7 Å². The van der Waals surface area contributed by atoms with Gasteiger partial charge in [-0.25, -0.2) is 0 Å². The van der Waals surface area contributed by atoms with E-state index in [1.54, 1.807) is 0 Å². The van der Waals surface area contributed by atoms with Crippen LogP contribution in [0.2, 0.25) is 0 Å². The molecule has 2 aromatic carbocycles. The molecule has 0 unspecified atom stereocenters. The fraction of sp³-hybridized carbons (Fsp3) is 0.321. The van der Waals surface area contributed by atoms with Gasteiger partial charge in [0.2, 0.25) is 0 Å². The van der Waals surface area contributed by atoms with Crippen molar-refractivity contribution >= 4 is 35.5 Å². The number of benzene rings is 2. The molecule has 0 amide bonds. The Balaban J connectivity index is 1.85. The summed E-state index contributed by atoms with van der Waals surface area (Å²) < 4.78 is 6.27. The van der Waals surface area contributed by atoms with Gasteiger partial charge in [-0.1, -0.05) is 30.3 Å². The number of aliphatic hydroxyl groups is 2. The van der Waals surface area contributed by atoms with E-state index in [0.29, 0.717) is 11.5 Å². The Hall–Kier alpha value is -2.93. The molecule has 3 aromatic rings. The number of carbonyl (C=O) groups is 1. The van der Waals surface area contributed by atoms with E-state index >= 15 is 0 Å². The molecule has 0 aliphatic heterocycles. The van der Waals surface area contributed by atoms with Crippen LogP contribution in [0.15, 0.2) is 60.7 Å². The van der Waals surface area contributed by atoms with Crippen molar-refractivity contribution < 1.29 is 19.7 Å². The van der Waals surface area contributed by atoms with E-state index in [1.165, 1.54) is 11.3 Å². The summed E-state index contributed by atoms with van der Waals surface area (Å²) in [6, 6.07) is 20.1. The lowest BCUT2D eigenvalue weighted by Crippen LogP contribution is -2.26. The van der Waals surface area contributed by atoms with E-state index in [2.05, 4.69) is 23.1 Å². The number of aldehydes is 1. The molecule has 0 saturated carbocycles. The standard InChI is InChI=1S/C28H33NO4S/c30-18-6-4-16-29(17-5-7-19-31)25-12-10-24(11-13-26-14-15-27(21-32)34-26)28(20-25)33-22-23-8-2-1-3-9-23/h1-3,8-15,20-21,30-31H,4-7,16-19,22H2. The van der Waals surface area contributed by atoms with Crippen LogP contribution in [0.4, 0.5) is 5.69 Å². The number of hydrogen-bond donors (Lipinski definition) is 2. The molecule has 0 radical (unpaired) electrons. The molecule has 6 heteroatoms. The summed E-state index contributed by atoms with van der Waals surface area (Å²) in [7, 11) is 0. The summed E-state index contributed by atoms with van der Waals surface area (Å²) in [5.74, 6) is 0.791. The molecule has 0 atom stereocenters. The van der Waals surface area contributed by atoms with Crippen molar-refractivity contribution in [2.75, 3.05) is 31.2 Å². The zero-order chi connectivity index (χ0) is 24.0. The number of unbranched alkanes of at least 4 members (excludes halogenated alkanes) is 2. The van der Waals surface area contributed by atoms with Crippen molar-refractivity contribution in [3.05, 3.63) is 81.5 Å². The Morgan fingerprint density at radius 2 is 1.53 bits per heavy atom. The maximum Gasteiger partial charge on any atom is 0.160 e. The van der Waals surface area contributed by atoms with Crippen LogP contribution >= 0.6 is 11.3 Å². The van der Waals surface area contributed by atoms with Gasteiger partial charge in [-0.2, -0.15) is 0 Å². The van der Waals surface area contributed by atoms with Gasteiger partial charge in [0.05, 0.1) is 4.88 Å². The molecule has 1 aromatic heterocycles. The van der Waals surface area contributed by atoms with Crippen molar-refractivity contribution in [1.29, 1.82) is 0 Å². The molecule has 0 spiro atoms. The Labute approximate surface area is 205 Å². The number of anilines is 1. The molecule has 180 valence electrons. The second kappa shape index (κ2) is 14.4. The fourth-order valence-electron chi connectivity index (χ4n) is 3.61. The van der Waals surface area contributed by atoms with Crippen LogP contribution in [0.5, 0.6) is 5.75 Å². The number of aliphatic hydroxyl groups excluding tert-OH is 2. The highest BCUT2D eigenvalue weighted by Gasteiger charge is 2.11. The van der Waals surface area contributed by atoms with Crippen LogP contribution < -0.4 is 9.64 Å². The normalized spacial score (nSPS) is 11.1. The maximum atomic E-state index is 11.0. The number of carbonyl (C=O) groups excluding carboxylic acids is 1. The summed E-state index contributed by atoms with van der Waals surface area (Å²) in [6.45, 7) is 2.52. The number of rotatable bonds is 15. The zero-order valence-electron chi connectivity index (χ0n) is 19.4. The highest BCUT2D eigenvalue weighted by molar-refractivity contribution is 7.14. The van der Waals surface area contributed by atoms with Crippen LogP contribution in [0.1, 0.15) is 51.4 Å². The average Bonchev–Trinajstić information content (AvgIpc) is 3.34. The van der Waals surface area contributed by atoms with E-state index in [1.807, 2.05) is 54.6 Å². The molecule has 5 nitrogen and oxygen atoms in total. The van der Waals surface area contributed by atoms with Gasteiger partial charge in [0.25, 0.3) is 0 Å². The lowest BCUT2D eigenvalue weighted by Gasteiger charge is -2.26. The summed E-state index contributed by atoms with van der Waals surface area (Å²) in [4.78, 5) is 15.0. The zero-order valence-corrected chi connectivity index (χ0v) is 20.3. The van der Waals surface area contributed by atoms with Crippen LogP contribution in [0.3, 0.4) is 0 Å². The number of ether oxygens (including phenoxy) is 1. The summed E-state index contributed by atoms with van der Waals surface area (Å²) in [5.41, 5.74) is 3.13. The Bertz CT molecular complexity index is 1020. The molecular weight excluding hydrogens is 446 g/mol. The summed E-state index contributed by atoms with van der Waals surface area (Å²) in [6.07, 6.45) is 8.21. The Morgan fingerprint density at radius 3 is 2.18 bits per heavy atom. The van der Waals surface area contributed by atoms with E-state index in [9.17, 15) is 15.0 Å². The largest absolute Gasteiger partial charge is 0.488 e. The van der Waals surface area contributed by atoms with Crippen molar-refractivity contribution in [2.24, 2.45) is 0 Å². The second-order valence-corrected chi connectivity index (χ2v) is 9.18.